The van der Waals surface area contributed by atoms with Gasteiger partial charge >= 0.3 is 11.9 Å². The van der Waals surface area contributed by atoms with Gasteiger partial charge in [-0.25, -0.2) is 9.59 Å². The molecule has 0 aliphatic carbocycles. The van der Waals surface area contributed by atoms with Gasteiger partial charge in [-0.1, -0.05) is 24.6 Å². The van der Waals surface area contributed by atoms with E-state index in [2.05, 4.69) is 25.6 Å². The van der Waals surface area contributed by atoms with Crippen molar-refractivity contribution < 1.29 is 19.1 Å². The van der Waals surface area contributed by atoms with Crippen molar-refractivity contribution in [2.75, 3.05) is 14.2 Å². The highest BCUT2D eigenvalue weighted by molar-refractivity contribution is 6.43. The summed E-state index contributed by atoms with van der Waals surface area (Å²) in [6.45, 7) is 1.74. The Morgan fingerprint density at radius 3 is 2.34 bits per heavy atom. The fraction of sp³-hybridized carbons (Fsp3) is 0.278. The van der Waals surface area contributed by atoms with Crippen LogP contribution in [-0.2, 0) is 19.1 Å². The second-order valence-corrected chi connectivity index (χ2v) is 6.48. The molecule has 150 valence electrons. The fourth-order valence-electron chi connectivity index (χ4n) is 2.71. The van der Waals surface area contributed by atoms with Crippen LogP contribution in [0.1, 0.15) is 12.7 Å². The Morgan fingerprint density at radius 1 is 1.07 bits per heavy atom. The van der Waals surface area contributed by atoms with Crippen molar-refractivity contribution in [2.45, 2.75) is 6.92 Å². The molecule has 0 amide bonds. The second kappa shape index (κ2) is 8.74. The summed E-state index contributed by atoms with van der Waals surface area (Å²) in [5.41, 5.74) is 0.853. The van der Waals surface area contributed by atoms with Gasteiger partial charge in [0.1, 0.15) is 0 Å². The number of benzene rings is 1. The standard InChI is InChI=1S/C18H17ClN6O4/c1-10-13(16(18(27)29-3)22-21-15(10)17(26)28-2)8-9-14-20-24-25(23-14)12-6-4-11(19)5-7-12/h4-10,13H,1-3H3/b9-8-. The SMILES string of the molecule is COC(=O)C1=NN=C(C(=O)OC)C(/C=C\c2nnn(-c3ccc(Cl)cc3)n2)C1C. The van der Waals surface area contributed by atoms with Gasteiger partial charge in [-0.05, 0) is 35.6 Å². The number of methoxy groups -OCH3 is 2. The van der Waals surface area contributed by atoms with Crippen LogP contribution in [0, 0.1) is 11.8 Å². The number of carbonyl (C=O) groups excluding carboxylic acids is 2. The van der Waals surface area contributed by atoms with Crippen LogP contribution in [0.25, 0.3) is 11.8 Å². The first-order chi connectivity index (χ1) is 13.9. The van der Waals surface area contributed by atoms with E-state index in [1.165, 1.54) is 19.0 Å². The van der Waals surface area contributed by atoms with Crippen molar-refractivity contribution in [2.24, 2.45) is 22.0 Å². The van der Waals surface area contributed by atoms with Gasteiger partial charge in [-0.2, -0.15) is 0 Å². The molecule has 0 radical (unpaired) electrons. The molecule has 0 saturated heterocycles. The van der Waals surface area contributed by atoms with E-state index >= 15 is 0 Å². The molecule has 2 heterocycles. The summed E-state index contributed by atoms with van der Waals surface area (Å²) in [7, 11) is 2.50. The van der Waals surface area contributed by atoms with Crippen LogP contribution in [0.4, 0.5) is 0 Å². The summed E-state index contributed by atoms with van der Waals surface area (Å²) < 4.78 is 9.49. The molecule has 0 spiro atoms. The third-order valence-corrected chi connectivity index (χ3v) is 4.53. The van der Waals surface area contributed by atoms with Crippen molar-refractivity contribution >= 4 is 41.0 Å². The van der Waals surface area contributed by atoms with Crippen LogP contribution in [0.15, 0.2) is 40.5 Å². The molecule has 29 heavy (non-hydrogen) atoms. The maximum absolute atomic E-state index is 12.1. The Hall–Kier alpha value is -3.40. The first-order valence-corrected chi connectivity index (χ1v) is 8.88. The topological polar surface area (TPSA) is 121 Å². The monoisotopic (exact) mass is 416 g/mol. The number of ether oxygens (including phenoxy) is 2. The van der Waals surface area contributed by atoms with Crippen molar-refractivity contribution in [1.29, 1.82) is 0 Å². The van der Waals surface area contributed by atoms with Gasteiger partial charge < -0.3 is 9.47 Å². The highest BCUT2D eigenvalue weighted by Gasteiger charge is 2.36. The molecule has 0 fully saturated rings. The maximum atomic E-state index is 12.1. The first-order valence-electron chi connectivity index (χ1n) is 8.50. The van der Waals surface area contributed by atoms with E-state index in [1.807, 2.05) is 0 Å². The number of aromatic nitrogens is 4. The Balaban J connectivity index is 1.86. The molecular weight excluding hydrogens is 400 g/mol. The molecule has 1 aromatic heterocycles. The van der Waals surface area contributed by atoms with E-state index in [-0.39, 0.29) is 11.4 Å². The third-order valence-electron chi connectivity index (χ3n) is 4.28. The van der Waals surface area contributed by atoms with E-state index in [0.29, 0.717) is 16.5 Å². The number of halogens is 1. The smallest absolute Gasteiger partial charge is 0.354 e. The zero-order chi connectivity index (χ0) is 21.0. The number of rotatable bonds is 5. The molecule has 1 aliphatic heterocycles. The second-order valence-electron chi connectivity index (χ2n) is 6.04. The van der Waals surface area contributed by atoms with Gasteiger partial charge in [0.15, 0.2) is 17.2 Å². The minimum Gasteiger partial charge on any atom is -0.464 e. The molecule has 3 rings (SSSR count). The molecule has 2 aromatic rings. The number of esters is 2. The fourth-order valence-corrected chi connectivity index (χ4v) is 2.83. The lowest BCUT2D eigenvalue weighted by Gasteiger charge is -2.24. The molecule has 2 unspecified atom stereocenters. The van der Waals surface area contributed by atoms with Crippen LogP contribution in [-0.4, -0.2) is 57.8 Å². The predicted octanol–water partition coefficient (Wildman–Crippen LogP) is 1.74. The number of hydrogen-bond acceptors (Lipinski definition) is 9. The Labute approximate surface area is 170 Å². The lowest BCUT2D eigenvalue weighted by Crippen LogP contribution is -2.38. The zero-order valence-corrected chi connectivity index (χ0v) is 16.6. The Morgan fingerprint density at radius 2 is 1.69 bits per heavy atom. The molecular formula is C18H17ClN6O4. The molecule has 11 heteroatoms. The maximum Gasteiger partial charge on any atom is 0.354 e. The molecule has 0 bridgehead atoms. The molecule has 10 nitrogen and oxygen atoms in total. The molecule has 1 aliphatic rings. The van der Waals surface area contributed by atoms with Gasteiger partial charge in [-0.3, -0.25) is 0 Å². The van der Waals surface area contributed by atoms with Crippen LogP contribution >= 0.6 is 11.6 Å². The van der Waals surface area contributed by atoms with E-state index in [1.54, 1.807) is 43.3 Å². The average molecular weight is 417 g/mol. The first kappa shape index (κ1) is 20.3. The average Bonchev–Trinajstić information content (AvgIpc) is 3.21. The predicted molar refractivity (Wildman–Crippen MR) is 105 cm³/mol. The quantitative estimate of drug-likeness (QED) is 0.680. The van der Waals surface area contributed by atoms with Crippen LogP contribution in [0.5, 0.6) is 0 Å². The van der Waals surface area contributed by atoms with Gasteiger partial charge in [0, 0.05) is 16.9 Å². The molecule has 1 aromatic carbocycles. The Bertz CT molecular complexity index is 1010. The van der Waals surface area contributed by atoms with Gasteiger partial charge in [0.2, 0.25) is 0 Å². The van der Waals surface area contributed by atoms with Gasteiger partial charge in [0.25, 0.3) is 0 Å². The summed E-state index contributed by atoms with van der Waals surface area (Å²) in [5.74, 6) is -2.01. The van der Waals surface area contributed by atoms with Crippen molar-refractivity contribution in [3.05, 3.63) is 41.2 Å². The highest BCUT2D eigenvalue weighted by atomic mass is 35.5. The summed E-state index contributed by atoms with van der Waals surface area (Å²) in [5, 5.41) is 20.5. The van der Waals surface area contributed by atoms with Gasteiger partial charge in [-0.15, -0.1) is 25.2 Å². The lowest BCUT2D eigenvalue weighted by molar-refractivity contribution is -0.134. The van der Waals surface area contributed by atoms with E-state index < -0.39 is 23.8 Å². The van der Waals surface area contributed by atoms with E-state index in [4.69, 9.17) is 21.1 Å². The van der Waals surface area contributed by atoms with Crippen molar-refractivity contribution in [3.8, 4) is 5.69 Å². The summed E-state index contributed by atoms with van der Waals surface area (Å²) in [6.07, 6.45) is 3.24. The third kappa shape index (κ3) is 4.37. The number of tetrazole rings is 1. The largest absolute Gasteiger partial charge is 0.464 e. The normalized spacial score (nSPS) is 18.9. The number of allylic oxidation sites excluding steroid dienone is 1. The minimum atomic E-state index is -0.642. The van der Waals surface area contributed by atoms with Crippen molar-refractivity contribution in [3.63, 3.8) is 0 Å². The zero-order valence-electron chi connectivity index (χ0n) is 15.8. The van der Waals surface area contributed by atoms with Crippen LogP contribution in [0.2, 0.25) is 5.02 Å². The molecule has 0 saturated carbocycles. The summed E-state index contributed by atoms with van der Waals surface area (Å²) in [4.78, 5) is 25.3. The van der Waals surface area contributed by atoms with Crippen LogP contribution < -0.4 is 0 Å². The number of hydrogen-bond donors (Lipinski definition) is 0. The molecule has 2 atom stereocenters. The van der Waals surface area contributed by atoms with Crippen molar-refractivity contribution in [1.82, 2.24) is 20.2 Å². The molecule has 0 N–H and O–H groups in total. The lowest BCUT2D eigenvalue weighted by atomic mass is 9.84. The van der Waals surface area contributed by atoms with Crippen LogP contribution in [0.3, 0.4) is 0 Å². The summed E-state index contributed by atoms with van der Waals surface area (Å²) >= 11 is 5.88. The minimum absolute atomic E-state index is 0.0639. The van der Waals surface area contributed by atoms with E-state index in [0.717, 1.165) is 0 Å². The Kier molecular flexibility index (Phi) is 6.13. The summed E-state index contributed by atoms with van der Waals surface area (Å²) in [6, 6.07) is 6.93. The highest BCUT2D eigenvalue weighted by Crippen LogP contribution is 2.24. The number of nitrogens with zero attached hydrogens (tertiary/aromatic N) is 6. The number of carbonyl (C=O) groups is 2. The van der Waals surface area contributed by atoms with E-state index in [9.17, 15) is 9.59 Å². The van der Waals surface area contributed by atoms with Gasteiger partial charge in [0.05, 0.1) is 19.9 Å².